The Morgan fingerprint density at radius 3 is 2.96 bits per heavy atom. The second-order valence-corrected chi connectivity index (χ2v) is 6.77. The van der Waals surface area contributed by atoms with Crippen LogP contribution in [0.1, 0.15) is 18.4 Å². The number of carbonyl (C=O) groups is 1. The second kappa shape index (κ2) is 7.00. The Hall–Kier alpha value is -1.77. The number of alkyl halides is 3. The van der Waals surface area contributed by atoms with Crippen LogP contribution >= 0.6 is 11.8 Å². The van der Waals surface area contributed by atoms with Crippen molar-refractivity contribution in [2.45, 2.75) is 19.0 Å². The van der Waals surface area contributed by atoms with Gasteiger partial charge in [0.1, 0.15) is 5.82 Å². The van der Waals surface area contributed by atoms with Crippen molar-refractivity contribution < 1.29 is 18.0 Å². The molecule has 24 heavy (non-hydrogen) atoms. The Morgan fingerprint density at radius 2 is 2.25 bits per heavy atom. The van der Waals surface area contributed by atoms with Crippen LogP contribution in [0.3, 0.4) is 0 Å². The minimum atomic E-state index is -4.46. The SMILES string of the molecule is O=C(NC1=NCCS1)C1CCCN(c2ncccc2C(F)(F)F)C1. The van der Waals surface area contributed by atoms with Gasteiger partial charge in [-0.1, -0.05) is 11.8 Å². The molecule has 0 bridgehead atoms. The van der Waals surface area contributed by atoms with Crippen LogP contribution in [0, 0.1) is 5.92 Å². The van der Waals surface area contributed by atoms with Gasteiger partial charge in [0.25, 0.3) is 0 Å². The Labute approximate surface area is 141 Å². The van der Waals surface area contributed by atoms with E-state index in [9.17, 15) is 18.0 Å². The van der Waals surface area contributed by atoms with Crippen molar-refractivity contribution in [2.24, 2.45) is 10.9 Å². The van der Waals surface area contributed by atoms with E-state index >= 15 is 0 Å². The number of nitrogens with one attached hydrogen (secondary N) is 1. The minimum absolute atomic E-state index is 0.102. The minimum Gasteiger partial charge on any atom is -0.355 e. The molecule has 0 aromatic carbocycles. The topological polar surface area (TPSA) is 57.6 Å². The van der Waals surface area contributed by atoms with Crippen molar-refractivity contribution >= 4 is 28.7 Å². The van der Waals surface area contributed by atoms with Gasteiger partial charge in [0.2, 0.25) is 5.91 Å². The zero-order valence-corrected chi connectivity index (χ0v) is 13.7. The molecule has 0 saturated carbocycles. The van der Waals surface area contributed by atoms with E-state index in [0.717, 1.165) is 11.8 Å². The molecule has 1 saturated heterocycles. The van der Waals surface area contributed by atoms with Gasteiger partial charge < -0.3 is 10.2 Å². The lowest BCUT2D eigenvalue weighted by molar-refractivity contribution is -0.137. The Kier molecular flexibility index (Phi) is 4.98. The molecular weight excluding hydrogens is 341 g/mol. The number of rotatable bonds is 2. The van der Waals surface area contributed by atoms with Crippen LogP contribution in [0.15, 0.2) is 23.3 Å². The fourth-order valence-corrected chi connectivity index (χ4v) is 3.60. The van der Waals surface area contributed by atoms with Crippen LogP contribution in [-0.4, -0.2) is 41.4 Å². The predicted octanol–water partition coefficient (Wildman–Crippen LogP) is 2.54. The first kappa shape index (κ1) is 17.1. The molecule has 1 N–H and O–H groups in total. The maximum absolute atomic E-state index is 13.2. The van der Waals surface area contributed by atoms with E-state index in [-0.39, 0.29) is 24.2 Å². The molecule has 130 valence electrons. The normalized spacial score (nSPS) is 21.5. The number of pyridine rings is 1. The van der Waals surface area contributed by atoms with Crippen molar-refractivity contribution in [3.8, 4) is 0 Å². The fraction of sp³-hybridized carbons (Fsp3) is 0.533. The number of piperidine rings is 1. The summed E-state index contributed by atoms with van der Waals surface area (Å²) < 4.78 is 39.5. The van der Waals surface area contributed by atoms with E-state index in [0.29, 0.717) is 31.1 Å². The highest BCUT2D eigenvalue weighted by Crippen LogP contribution is 2.36. The van der Waals surface area contributed by atoms with Gasteiger partial charge in [-0.15, -0.1) is 0 Å². The van der Waals surface area contributed by atoms with Crippen molar-refractivity contribution in [3.05, 3.63) is 23.9 Å². The lowest BCUT2D eigenvalue weighted by Gasteiger charge is -2.34. The van der Waals surface area contributed by atoms with Gasteiger partial charge >= 0.3 is 6.18 Å². The summed E-state index contributed by atoms with van der Waals surface area (Å²) in [4.78, 5) is 22.0. The highest BCUT2D eigenvalue weighted by Gasteiger charge is 2.37. The summed E-state index contributed by atoms with van der Waals surface area (Å²) in [6, 6.07) is 2.30. The van der Waals surface area contributed by atoms with Crippen molar-refractivity contribution in [3.63, 3.8) is 0 Å². The molecule has 1 amide bonds. The Morgan fingerprint density at radius 1 is 1.42 bits per heavy atom. The molecular formula is C15H17F3N4OS. The third-order valence-electron chi connectivity index (χ3n) is 4.00. The van der Waals surface area contributed by atoms with Gasteiger partial charge in [-0.3, -0.25) is 9.79 Å². The molecule has 1 unspecified atom stereocenters. The molecule has 3 heterocycles. The molecule has 0 aliphatic carbocycles. The van der Waals surface area contributed by atoms with Crippen LogP contribution in [0.2, 0.25) is 0 Å². The molecule has 9 heteroatoms. The number of hydrogen-bond acceptors (Lipinski definition) is 5. The Balaban J connectivity index is 1.73. The quantitative estimate of drug-likeness (QED) is 0.883. The van der Waals surface area contributed by atoms with Gasteiger partial charge in [0.05, 0.1) is 18.0 Å². The first-order valence-corrected chi connectivity index (χ1v) is 8.69. The highest BCUT2D eigenvalue weighted by molar-refractivity contribution is 8.14. The molecule has 5 nitrogen and oxygen atoms in total. The number of hydrogen-bond donors (Lipinski definition) is 1. The maximum atomic E-state index is 13.2. The summed E-state index contributed by atoms with van der Waals surface area (Å²) in [5.41, 5.74) is -0.762. The van der Waals surface area contributed by atoms with Crippen molar-refractivity contribution in [2.75, 3.05) is 30.3 Å². The van der Waals surface area contributed by atoms with Crippen molar-refractivity contribution in [1.29, 1.82) is 0 Å². The first-order chi connectivity index (χ1) is 11.4. The lowest BCUT2D eigenvalue weighted by atomic mass is 9.97. The third-order valence-corrected chi connectivity index (χ3v) is 4.89. The molecule has 1 aromatic heterocycles. The number of anilines is 1. The summed E-state index contributed by atoms with van der Waals surface area (Å²) in [7, 11) is 0. The summed E-state index contributed by atoms with van der Waals surface area (Å²) in [5, 5.41) is 3.37. The van der Waals surface area contributed by atoms with Gasteiger partial charge in [-0.2, -0.15) is 13.2 Å². The van der Waals surface area contributed by atoms with E-state index in [1.54, 1.807) is 4.90 Å². The maximum Gasteiger partial charge on any atom is 0.419 e. The number of halogens is 3. The van der Waals surface area contributed by atoms with Crippen molar-refractivity contribution in [1.82, 2.24) is 10.3 Å². The number of amides is 1. The van der Waals surface area contributed by atoms with Crippen LogP contribution in [0.4, 0.5) is 19.0 Å². The number of nitrogens with zero attached hydrogens (tertiary/aromatic N) is 3. The molecule has 3 rings (SSSR count). The average molecular weight is 358 g/mol. The number of thioether (sulfide) groups is 1. The van der Waals surface area contributed by atoms with Gasteiger partial charge in [0, 0.05) is 25.0 Å². The number of aromatic nitrogens is 1. The van der Waals surface area contributed by atoms with E-state index in [4.69, 9.17) is 0 Å². The van der Waals surface area contributed by atoms with E-state index in [1.165, 1.54) is 24.0 Å². The predicted molar refractivity (Wildman–Crippen MR) is 87.1 cm³/mol. The van der Waals surface area contributed by atoms with E-state index in [2.05, 4.69) is 15.3 Å². The molecule has 2 aliphatic heterocycles. The van der Waals surface area contributed by atoms with Crippen LogP contribution in [0.25, 0.3) is 0 Å². The molecule has 1 aromatic rings. The number of amidine groups is 1. The summed E-state index contributed by atoms with van der Waals surface area (Å²) in [5.74, 6) is 0.188. The van der Waals surface area contributed by atoms with Crippen LogP contribution < -0.4 is 10.2 Å². The van der Waals surface area contributed by atoms with Crippen LogP contribution in [0.5, 0.6) is 0 Å². The molecule has 1 fully saturated rings. The third kappa shape index (κ3) is 3.82. The fourth-order valence-electron chi connectivity index (χ4n) is 2.87. The van der Waals surface area contributed by atoms with Gasteiger partial charge in [0.15, 0.2) is 5.17 Å². The molecule has 0 spiro atoms. The zero-order chi connectivity index (χ0) is 17.2. The molecule has 0 radical (unpaired) electrons. The Bertz CT molecular complexity index is 650. The highest BCUT2D eigenvalue weighted by atomic mass is 32.2. The second-order valence-electron chi connectivity index (χ2n) is 5.68. The first-order valence-electron chi connectivity index (χ1n) is 7.70. The van der Waals surface area contributed by atoms with E-state index < -0.39 is 11.7 Å². The summed E-state index contributed by atoms with van der Waals surface area (Å²) in [6.45, 7) is 1.36. The summed E-state index contributed by atoms with van der Waals surface area (Å²) >= 11 is 1.48. The van der Waals surface area contributed by atoms with E-state index in [1.807, 2.05) is 0 Å². The standard InChI is InChI=1S/C15H17F3N4OS/c16-15(17,18)11-4-1-5-19-12(11)22-7-2-3-10(9-22)13(23)21-14-20-6-8-24-14/h1,4-5,10H,2-3,6-9H2,(H,20,21,23). The van der Waals surface area contributed by atoms with Gasteiger partial charge in [-0.05, 0) is 25.0 Å². The molecule has 2 aliphatic rings. The zero-order valence-electron chi connectivity index (χ0n) is 12.8. The number of aliphatic imine (C=N–C) groups is 1. The smallest absolute Gasteiger partial charge is 0.355 e. The lowest BCUT2D eigenvalue weighted by Crippen LogP contribution is -2.44. The monoisotopic (exact) mass is 358 g/mol. The largest absolute Gasteiger partial charge is 0.419 e. The number of carbonyl (C=O) groups excluding carboxylic acids is 1. The van der Waals surface area contributed by atoms with Crippen LogP contribution in [-0.2, 0) is 11.0 Å². The molecule has 1 atom stereocenters. The average Bonchev–Trinajstić information content (AvgIpc) is 3.07. The van der Waals surface area contributed by atoms with Gasteiger partial charge in [-0.25, -0.2) is 4.98 Å². The summed E-state index contributed by atoms with van der Waals surface area (Å²) in [6.07, 6.45) is -1.83.